The molecule has 2 unspecified atom stereocenters. The van der Waals surface area contributed by atoms with Gasteiger partial charge in [-0.2, -0.15) is 0 Å². The van der Waals surface area contributed by atoms with E-state index < -0.39 is 0 Å². The van der Waals surface area contributed by atoms with Crippen LogP contribution in [0.3, 0.4) is 0 Å². The van der Waals surface area contributed by atoms with Crippen LogP contribution in [0.2, 0.25) is 0 Å². The molecule has 6 nitrogen and oxygen atoms in total. The summed E-state index contributed by atoms with van der Waals surface area (Å²) in [6, 6.07) is 1.57. The fourth-order valence-corrected chi connectivity index (χ4v) is 1.75. The summed E-state index contributed by atoms with van der Waals surface area (Å²) < 4.78 is 5.15. The van der Waals surface area contributed by atoms with Crippen LogP contribution >= 0.6 is 0 Å². The van der Waals surface area contributed by atoms with Crippen LogP contribution in [0.5, 0.6) is 0 Å². The molecule has 0 spiro atoms. The zero-order valence-corrected chi connectivity index (χ0v) is 9.72. The Morgan fingerprint density at radius 1 is 1.65 bits per heavy atom. The minimum absolute atomic E-state index is 0.0775. The summed E-state index contributed by atoms with van der Waals surface area (Å²) in [5.74, 6) is 0.363. The number of carbonyl (C=O) groups is 1. The first-order valence-corrected chi connectivity index (χ1v) is 5.56. The van der Waals surface area contributed by atoms with Crippen molar-refractivity contribution in [3.8, 4) is 0 Å². The van der Waals surface area contributed by atoms with Crippen molar-refractivity contribution in [3.63, 3.8) is 0 Å². The number of rotatable bonds is 3. The van der Waals surface area contributed by atoms with Crippen LogP contribution in [0.1, 0.15) is 11.5 Å². The van der Waals surface area contributed by atoms with Gasteiger partial charge in [0.25, 0.3) is 0 Å². The van der Waals surface area contributed by atoms with Gasteiger partial charge in [-0.25, -0.2) is 9.97 Å². The molecule has 1 aliphatic heterocycles. The molecule has 92 valence electrons. The lowest BCUT2D eigenvalue weighted by Crippen LogP contribution is -2.40. The molecule has 1 aromatic rings. The second-order valence-corrected chi connectivity index (χ2v) is 4.12. The van der Waals surface area contributed by atoms with Gasteiger partial charge in [-0.1, -0.05) is 0 Å². The number of nitrogens with one attached hydrogen (secondary N) is 1. The standard InChI is InChI=1S/C11H16N4O2/c1-7-13-3-2-8(15-7)4-14-11(16)9-5-17-6-10(9)12/h2-3,9-10H,4-6,12H2,1H3,(H,14,16). The third-order valence-corrected chi connectivity index (χ3v) is 2.74. The Hall–Kier alpha value is -1.53. The number of nitrogens with two attached hydrogens (primary N) is 1. The Kier molecular flexibility index (Phi) is 3.65. The highest BCUT2D eigenvalue weighted by Crippen LogP contribution is 2.11. The minimum atomic E-state index is -0.252. The molecule has 17 heavy (non-hydrogen) atoms. The first-order valence-electron chi connectivity index (χ1n) is 5.56. The molecule has 1 aliphatic rings. The number of carbonyl (C=O) groups excluding carboxylic acids is 1. The van der Waals surface area contributed by atoms with Crippen LogP contribution < -0.4 is 11.1 Å². The topological polar surface area (TPSA) is 90.1 Å². The quantitative estimate of drug-likeness (QED) is 0.729. The molecule has 0 aromatic carbocycles. The fraction of sp³-hybridized carbons (Fsp3) is 0.545. The van der Waals surface area contributed by atoms with Crippen LogP contribution in [0.25, 0.3) is 0 Å². The van der Waals surface area contributed by atoms with E-state index in [1.54, 1.807) is 12.3 Å². The lowest BCUT2D eigenvalue weighted by Gasteiger charge is -2.13. The van der Waals surface area contributed by atoms with Gasteiger partial charge in [-0.15, -0.1) is 0 Å². The van der Waals surface area contributed by atoms with Gasteiger partial charge < -0.3 is 15.8 Å². The molecule has 0 aliphatic carbocycles. The van der Waals surface area contributed by atoms with E-state index in [9.17, 15) is 4.79 Å². The monoisotopic (exact) mass is 236 g/mol. The maximum atomic E-state index is 11.8. The first-order chi connectivity index (χ1) is 8.16. The summed E-state index contributed by atoms with van der Waals surface area (Å²) in [4.78, 5) is 20.0. The molecule has 2 rings (SSSR count). The second kappa shape index (κ2) is 5.20. The predicted octanol–water partition coefficient (Wildman–Crippen LogP) is -0.625. The van der Waals surface area contributed by atoms with Gasteiger partial charge in [0, 0.05) is 12.2 Å². The number of aryl methyl sites for hydroxylation is 1. The molecule has 0 saturated carbocycles. The minimum Gasteiger partial charge on any atom is -0.379 e. The lowest BCUT2D eigenvalue weighted by atomic mass is 10.0. The van der Waals surface area contributed by atoms with E-state index in [-0.39, 0.29) is 17.9 Å². The molecular formula is C11H16N4O2. The van der Waals surface area contributed by atoms with Crippen molar-refractivity contribution in [1.29, 1.82) is 0 Å². The maximum Gasteiger partial charge on any atom is 0.227 e. The van der Waals surface area contributed by atoms with E-state index in [1.807, 2.05) is 6.92 Å². The van der Waals surface area contributed by atoms with Crippen molar-refractivity contribution in [2.45, 2.75) is 19.5 Å². The van der Waals surface area contributed by atoms with Crippen molar-refractivity contribution in [2.75, 3.05) is 13.2 Å². The Morgan fingerprint density at radius 3 is 3.12 bits per heavy atom. The van der Waals surface area contributed by atoms with Gasteiger partial charge in [0.05, 0.1) is 31.4 Å². The van der Waals surface area contributed by atoms with Crippen LogP contribution in [-0.2, 0) is 16.1 Å². The van der Waals surface area contributed by atoms with Crippen molar-refractivity contribution in [2.24, 2.45) is 11.7 Å². The van der Waals surface area contributed by atoms with E-state index in [0.717, 1.165) is 5.69 Å². The third kappa shape index (κ3) is 2.98. The van der Waals surface area contributed by atoms with Gasteiger partial charge in [-0.05, 0) is 13.0 Å². The number of aromatic nitrogens is 2. The summed E-state index contributed by atoms with van der Waals surface area (Å²) in [5, 5.41) is 2.81. The predicted molar refractivity (Wildman–Crippen MR) is 60.9 cm³/mol. The van der Waals surface area contributed by atoms with E-state index >= 15 is 0 Å². The molecule has 1 amide bonds. The van der Waals surface area contributed by atoms with Crippen LogP contribution in [0.4, 0.5) is 0 Å². The number of nitrogens with zero attached hydrogens (tertiary/aromatic N) is 2. The summed E-state index contributed by atoms with van der Waals surface area (Å²) in [6.07, 6.45) is 1.67. The highest BCUT2D eigenvalue weighted by molar-refractivity contribution is 5.79. The first kappa shape index (κ1) is 11.9. The third-order valence-electron chi connectivity index (χ3n) is 2.74. The molecule has 0 bridgehead atoms. The molecule has 2 heterocycles. The molecular weight excluding hydrogens is 220 g/mol. The average Bonchev–Trinajstić information content (AvgIpc) is 2.72. The molecule has 1 saturated heterocycles. The Balaban J connectivity index is 1.88. The zero-order chi connectivity index (χ0) is 12.3. The Labute approximate surface area is 99.6 Å². The number of hydrogen-bond donors (Lipinski definition) is 2. The van der Waals surface area contributed by atoms with E-state index in [2.05, 4.69) is 15.3 Å². The van der Waals surface area contributed by atoms with Crippen LogP contribution in [0.15, 0.2) is 12.3 Å². The molecule has 2 atom stereocenters. The van der Waals surface area contributed by atoms with E-state index in [0.29, 0.717) is 25.6 Å². The molecule has 3 N–H and O–H groups in total. The lowest BCUT2D eigenvalue weighted by molar-refractivity contribution is -0.125. The van der Waals surface area contributed by atoms with Gasteiger partial charge in [0.2, 0.25) is 5.91 Å². The van der Waals surface area contributed by atoms with Crippen molar-refractivity contribution in [1.82, 2.24) is 15.3 Å². The van der Waals surface area contributed by atoms with E-state index in [1.165, 1.54) is 0 Å². The normalized spacial score (nSPS) is 23.6. The number of amides is 1. The number of ether oxygens (including phenoxy) is 1. The highest BCUT2D eigenvalue weighted by atomic mass is 16.5. The average molecular weight is 236 g/mol. The van der Waals surface area contributed by atoms with Gasteiger partial charge in [-0.3, -0.25) is 4.79 Å². The summed E-state index contributed by atoms with van der Waals surface area (Å²) in [7, 11) is 0. The summed E-state index contributed by atoms with van der Waals surface area (Å²) in [5.41, 5.74) is 6.55. The summed E-state index contributed by atoms with van der Waals surface area (Å²) in [6.45, 7) is 3.05. The highest BCUT2D eigenvalue weighted by Gasteiger charge is 2.30. The maximum absolute atomic E-state index is 11.8. The smallest absolute Gasteiger partial charge is 0.227 e. The SMILES string of the molecule is Cc1nccc(CNC(=O)C2COCC2N)n1. The second-order valence-electron chi connectivity index (χ2n) is 4.12. The molecule has 1 aromatic heterocycles. The van der Waals surface area contributed by atoms with Crippen LogP contribution in [0, 0.1) is 12.8 Å². The van der Waals surface area contributed by atoms with Crippen LogP contribution in [-0.4, -0.2) is 35.1 Å². The van der Waals surface area contributed by atoms with Crippen molar-refractivity contribution < 1.29 is 9.53 Å². The number of hydrogen-bond acceptors (Lipinski definition) is 5. The van der Waals surface area contributed by atoms with Crippen molar-refractivity contribution >= 4 is 5.91 Å². The molecule has 6 heteroatoms. The Morgan fingerprint density at radius 2 is 2.47 bits per heavy atom. The largest absolute Gasteiger partial charge is 0.379 e. The van der Waals surface area contributed by atoms with E-state index in [4.69, 9.17) is 10.5 Å². The Bertz CT molecular complexity index is 410. The molecule has 1 fully saturated rings. The fourth-order valence-electron chi connectivity index (χ4n) is 1.75. The van der Waals surface area contributed by atoms with Gasteiger partial charge in [0.1, 0.15) is 5.82 Å². The van der Waals surface area contributed by atoms with Gasteiger partial charge in [0.15, 0.2) is 0 Å². The zero-order valence-electron chi connectivity index (χ0n) is 9.72. The van der Waals surface area contributed by atoms with Crippen molar-refractivity contribution in [3.05, 3.63) is 23.8 Å². The summed E-state index contributed by atoms with van der Waals surface area (Å²) >= 11 is 0. The molecule has 0 radical (unpaired) electrons. The van der Waals surface area contributed by atoms with Gasteiger partial charge >= 0.3 is 0 Å².